The van der Waals surface area contributed by atoms with E-state index >= 15 is 0 Å². The fourth-order valence-electron chi connectivity index (χ4n) is 1.22. The number of benzene rings is 1. The maximum Gasteiger partial charge on any atom is 0.330 e. The van der Waals surface area contributed by atoms with E-state index in [0.29, 0.717) is 6.61 Å². The van der Waals surface area contributed by atoms with Gasteiger partial charge in [0.05, 0.1) is 21.1 Å². The third-order valence-corrected chi connectivity index (χ3v) is 2.31. The highest BCUT2D eigenvalue weighted by atomic mass is 16.5. The molecular formula is C14H20NO3+. The zero-order valence-electron chi connectivity index (χ0n) is 11.1. The van der Waals surface area contributed by atoms with Crippen molar-refractivity contribution >= 4 is 12.0 Å². The van der Waals surface area contributed by atoms with Gasteiger partial charge in [0.15, 0.2) is 0 Å². The molecule has 0 atom stereocenters. The number of phenols is 1. The minimum Gasteiger partial charge on any atom is -0.508 e. The molecule has 0 amide bonds. The van der Waals surface area contributed by atoms with Gasteiger partial charge in [-0.05, 0) is 23.8 Å². The number of likely N-dealkylation sites (N-methyl/N-ethyl adjacent to an activating group) is 1. The number of esters is 1. The van der Waals surface area contributed by atoms with Gasteiger partial charge in [0, 0.05) is 6.08 Å². The smallest absolute Gasteiger partial charge is 0.330 e. The normalized spacial score (nSPS) is 11.7. The van der Waals surface area contributed by atoms with Crippen molar-refractivity contribution in [3.05, 3.63) is 35.9 Å². The zero-order chi connectivity index (χ0) is 13.6. The van der Waals surface area contributed by atoms with Gasteiger partial charge in [0.2, 0.25) is 0 Å². The van der Waals surface area contributed by atoms with Crippen LogP contribution in [0.2, 0.25) is 0 Å². The van der Waals surface area contributed by atoms with Crippen molar-refractivity contribution < 1.29 is 19.1 Å². The second kappa shape index (κ2) is 6.21. The highest BCUT2D eigenvalue weighted by Crippen LogP contribution is 2.10. The van der Waals surface area contributed by atoms with E-state index in [1.54, 1.807) is 30.3 Å². The summed E-state index contributed by atoms with van der Waals surface area (Å²) < 4.78 is 5.83. The lowest BCUT2D eigenvalue weighted by molar-refractivity contribution is -0.870. The molecule has 0 fully saturated rings. The van der Waals surface area contributed by atoms with Gasteiger partial charge in [-0.15, -0.1) is 0 Å². The molecule has 0 radical (unpaired) electrons. The molecule has 0 aromatic heterocycles. The molecule has 98 valence electrons. The van der Waals surface area contributed by atoms with Crippen LogP contribution < -0.4 is 0 Å². The molecule has 0 bridgehead atoms. The van der Waals surface area contributed by atoms with Gasteiger partial charge in [-0.1, -0.05) is 12.1 Å². The summed E-state index contributed by atoms with van der Waals surface area (Å²) in [5.74, 6) is -0.144. The SMILES string of the molecule is C[N+](C)(C)CCOC(=O)C=Cc1ccc(O)cc1. The molecule has 0 heterocycles. The van der Waals surface area contributed by atoms with Crippen molar-refractivity contribution in [1.82, 2.24) is 0 Å². The molecule has 18 heavy (non-hydrogen) atoms. The Morgan fingerprint density at radius 2 is 1.89 bits per heavy atom. The fraction of sp³-hybridized carbons (Fsp3) is 0.357. The lowest BCUT2D eigenvalue weighted by Crippen LogP contribution is -2.37. The Kier molecular flexibility index (Phi) is 4.92. The summed E-state index contributed by atoms with van der Waals surface area (Å²) >= 11 is 0. The van der Waals surface area contributed by atoms with Gasteiger partial charge in [-0.3, -0.25) is 0 Å². The molecule has 0 saturated heterocycles. The topological polar surface area (TPSA) is 46.5 Å². The maximum absolute atomic E-state index is 11.4. The molecule has 1 aromatic carbocycles. The Morgan fingerprint density at radius 1 is 1.28 bits per heavy atom. The van der Waals surface area contributed by atoms with Crippen LogP contribution in [0.5, 0.6) is 5.75 Å². The van der Waals surface area contributed by atoms with Gasteiger partial charge >= 0.3 is 5.97 Å². The predicted molar refractivity (Wildman–Crippen MR) is 71.0 cm³/mol. The van der Waals surface area contributed by atoms with Crippen molar-refractivity contribution in [2.24, 2.45) is 0 Å². The summed E-state index contributed by atoms with van der Waals surface area (Å²) in [6.07, 6.45) is 3.05. The molecular weight excluding hydrogens is 230 g/mol. The maximum atomic E-state index is 11.4. The summed E-state index contributed by atoms with van der Waals surface area (Å²) in [7, 11) is 6.13. The van der Waals surface area contributed by atoms with E-state index in [-0.39, 0.29) is 11.7 Å². The molecule has 0 saturated carbocycles. The first-order chi connectivity index (χ1) is 8.37. The molecule has 1 N–H and O–H groups in total. The first-order valence-corrected chi connectivity index (χ1v) is 5.81. The van der Waals surface area contributed by atoms with Gasteiger partial charge < -0.3 is 14.3 Å². The van der Waals surface area contributed by atoms with Crippen LogP contribution in [-0.4, -0.2) is 49.9 Å². The van der Waals surface area contributed by atoms with E-state index in [0.717, 1.165) is 16.6 Å². The van der Waals surface area contributed by atoms with Gasteiger partial charge in [0.1, 0.15) is 18.9 Å². The Hall–Kier alpha value is -1.81. The van der Waals surface area contributed by atoms with Crippen molar-refractivity contribution in [2.75, 3.05) is 34.3 Å². The number of rotatable bonds is 5. The third kappa shape index (κ3) is 6.06. The van der Waals surface area contributed by atoms with Crippen molar-refractivity contribution in [1.29, 1.82) is 0 Å². The number of hydrogen-bond acceptors (Lipinski definition) is 3. The molecule has 1 rings (SSSR count). The second-order valence-corrected chi connectivity index (χ2v) is 5.11. The first kappa shape index (κ1) is 14.3. The lowest BCUT2D eigenvalue weighted by Gasteiger charge is -2.23. The molecule has 0 aliphatic carbocycles. The number of carbonyl (C=O) groups excluding carboxylic acids is 1. The van der Waals surface area contributed by atoms with Crippen LogP contribution in [0.15, 0.2) is 30.3 Å². The summed E-state index contributed by atoms with van der Waals surface area (Å²) in [6, 6.07) is 6.60. The van der Waals surface area contributed by atoms with Crippen LogP contribution in [-0.2, 0) is 9.53 Å². The van der Waals surface area contributed by atoms with Gasteiger partial charge in [-0.2, -0.15) is 0 Å². The number of aromatic hydroxyl groups is 1. The summed E-state index contributed by atoms with van der Waals surface area (Å²) in [6.45, 7) is 1.18. The lowest BCUT2D eigenvalue weighted by atomic mass is 10.2. The van der Waals surface area contributed by atoms with Crippen molar-refractivity contribution in [2.45, 2.75) is 0 Å². The standard InChI is InChI=1S/C14H19NO3/c1-15(2,3)10-11-18-14(17)9-6-12-4-7-13(16)8-5-12/h4-9H,10-11H2,1-3H3/p+1. The van der Waals surface area contributed by atoms with Crippen molar-refractivity contribution in [3.8, 4) is 5.75 Å². The highest BCUT2D eigenvalue weighted by Gasteiger charge is 2.07. The van der Waals surface area contributed by atoms with Crippen LogP contribution >= 0.6 is 0 Å². The summed E-state index contributed by atoms with van der Waals surface area (Å²) in [5.41, 5.74) is 0.844. The number of quaternary nitrogens is 1. The highest BCUT2D eigenvalue weighted by molar-refractivity contribution is 5.87. The van der Waals surface area contributed by atoms with Gasteiger partial charge in [0.25, 0.3) is 0 Å². The number of ether oxygens (including phenoxy) is 1. The molecule has 0 unspecified atom stereocenters. The number of carbonyl (C=O) groups is 1. The van der Waals surface area contributed by atoms with E-state index in [1.807, 2.05) is 21.1 Å². The van der Waals surface area contributed by atoms with E-state index in [2.05, 4.69) is 0 Å². The minimum atomic E-state index is -0.350. The van der Waals surface area contributed by atoms with Crippen LogP contribution in [0.1, 0.15) is 5.56 Å². The Bertz CT molecular complexity index is 416. The van der Waals surface area contributed by atoms with E-state index in [1.165, 1.54) is 6.08 Å². The van der Waals surface area contributed by atoms with Crippen molar-refractivity contribution in [3.63, 3.8) is 0 Å². The molecule has 0 aliphatic heterocycles. The van der Waals surface area contributed by atoms with Crippen LogP contribution in [0.25, 0.3) is 6.08 Å². The van der Waals surface area contributed by atoms with Gasteiger partial charge in [-0.25, -0.2) is 4.79 Å². The molecule has 4 heteroatoms. The second-order valence-electron chi connectivity index (χ2n) is 5.11. The largest absolute Gasteiger partial charge is 0.508 e. The average molecular weight is 250 g/mol. The first-order valence-electron chi connectivity index (χ1n) is 5.81. The molecule has 4 nitrogen and oxygen atoms in total. The average Bonchev–Trinajstić information content (AvgIpc) is 2.26. The summed E-state index contributed by atoms with van der Waals surface area (Å²) in [5, 5.41) is 9.11. The third-order valence-electron chi connectivity index (χ3n) is 2.31. The number of phenolic OH excluding ortho intramolecular Hbond substituents is 1. The minimum absolute atomic E-state index is 0.206. The Morgan fingerprint density at radius 3 is 2.44 bits per heavy atom. The van der Waals surface area contributed by atoms with E-state index in [4.69, 9.17) is 9.84 Å². The molecule has 0 aliphatic rings. The van der Waals surface area contributed by atoms with Crippen LogP contribution in [0.4, 0.5) is 0 Å². The Labute approximate surface area is 108 Å². The number of hydrogen-bond donors (Lipinski definition) is 1. The molecule has 0 spiro atoms. The zero-order valence-corrected chi connectivity index (χ0v) is 11.1. The predicted octanol–water partition coefficient (Wildman–Crippen LogP) is 1.65. The quantitative estimate of drug-likeness (QED) is 0.491. The molecule has 1 aromatic rings. The number of nitrogens with zero attached hydrogens (tertiary/aromatic N) is 1. The van der Waals surface area contributed by atoms with E-state index < -0.39 is 0 Å². The Balaban J connectivity index is 2.38. The monoisotopic (exact) mass is 250 g/mol. The van der Waals surface area contributed by atoms with E-state index in [9.17, 15) is 4.79 Å². The summed E-state index contributed by atoms with van der Waals surface area (Å²) in [4.78, 5) is 11.4. The van der Waals surface area contributed by atoms with Crippen LogP contribution in [0, 0.1) is 0 Å². The van der Waals surface area contributed by atoms with Crippen LogP contribution in [0.3, 0.4) is 0 Å². The fourth-order valence-corrected chi connectivity index (χ4v) is 1.22.